The molecular weight excluding hydrogens is 238 g/mol. The highest BCUT2D eigenvalue weighted by Gasteiger charge is 2.40. The number of ether oxygens (including phenoxy) is 1. The van der Waals surface area contributed by atoms with E-state index in [0.717, 1.165) is 17.0 Å². The average Bonchev–Trinajstić information content (AvgIpc) is 2.61. The molecule has 1 atom stereocenters. The van der Waals surface area contributed by atoms with Crippen molar-refractivity contribution < 1.29 is 9.84 Å². The molecule has 1 aliphatic rings. The molecule has 0 saturated carbocycles. The van der Waals surface area contributed by atoms with Crippen molar-refractivity contribution in [3.8, 4) is 11.5 Å². The summed E-state index contributed by atoms with van der Waals surface area (Å²) in [6.07, 6.45) is 0. The third-order valence-corrected chi connectivity index (χ3v) is 3.46. The van der Waals surface area contributed by atoms with Gasteiger partial charge in [-0.15, -0.1) is 0 Å². The lowest BCUT2D eigenvalue weighted by atomic mass is 9.94. The van der Waals surface area contributed by atoms with Crippen LogP contribution in [-0.4, -0.2) is 10.7 Å². The van der Waals surface area contributed by atoms with Crippen LogP contribution in [0.2, 0.25) is 0 Å². The van der Waals surface area contributed by atoms with Crippen LogP contribution in [0.1, 0.15) is 25.5 Å². The first-order valence-corrected chi connectivity index (χ1v) is 6.40. The molecule has 98 valence electrons. The Morgan fingerprint density at radius 3 is 2.68 bits per heavy atom. The Morgan fingerprint density at radius 2 is 1.89 bits per heavy atom. The Bertz CT molecular complexity index is 607. The Balaban J connectivity index is 1.95. The standard InChI is InChI=1S/C16H17NO2/c1-16(2)15(13-8-3-4-9-14(13)19-16)17-11-6-5-7-12(18)10-11/h3-10,15,17-18H,1-2H3. The van der Waals surface area contributed by atoms with E-state index in [2.05, 4.69) is 25.2 Å². The van der Waals surface area contributed by atoms with Gasteiger partial charge in [-0.25, -0.2) is 0 Å². The molecule has 0 saturated heterocycles. The lowest BCUT2D eigenvalue weighted by molar-refractivity contribution is 0.118. The molecule has 2 aromatic rings. The van der Waals surface area contributed by atoms with Gasteiger partial charge in [0, 0.05) is 17.3 Å². The summed E-state index contributed by atoms with van der Waals surface area (Å²) in [6, 6.07) is 15.3. The molecule has 0 bridgehead atoms. The van der Waals surface area contributed by atoms with Gasteiger partial charge in [-0.2, -0.15) is 0 Å². The van der Waals surface area contributed by atoms with E-state index in [1.807, 2.05) is 30.3 Å². The van der Waals surface area contributed by atoms with Gasteiger partial charge in [0.2, 0.25) is 0 Å². The maximum Gasteiger partial charge on any atom is 0.128 e. The minimum atomic E-state index is -0.324. The molecule has 19 heavy (non-hydrogen) atoms. The maximum atomic E-state index is 9.54. The van der Waals surface area contributed by atoms with E-state index in [1.165, 1.54) is 0 Å². The molecule has 1 aliphatic heterocycles. The fraction of sp³-hybridized carbons (Fsp3) is 0.250. The Kier molecular flexibility index (Phi) is 2.63. The lowest BCUT2D eigenvalue weighted by Crippen LogP contribution is -2.34. The van der Waals surface area contributed by atoms with Crippen LogP contribution in [0.3, 0.4) is 0 Å². The van der Waals surface area contributed by atoms with E-state index in [0.29, 0.717) is 0 Å². The SMILES string of the molecule is CC1(C)Oc2ccccc2C1Nc1cccc(O)c1. The van der Waals surface area contributed by atoms with Crippen molar-refractivity contribution in [2.24, 2.45) is 0 Å². The molecule has 0 aromatic heterocycles. The second-order valence-electron chi connectivity index (χ2n) is 5.37. The zero-order chi connectivity index (χ0) is 13.5. The first-order valence-electron chi connectivity index (χ1n) is 6.40. The summed E-state index contributed by atoms with van der Waals surface area (Å²) in [5.74, 6) is 1.18. The quantitative estimate of drug-likeness (QED) is 0.859. The molecule has 0 amide bonds. The van der Waals surface area contributed by atoms with Crippen LogP contribution in [0.15, 0.2) is 48.5 Å². The predicted octanol–water partition coefficient (Wildman–Crippen LogP) is 3.72. The van der Waals surface area contributed by atoms with Gasteiger partial charge in [0.1, 0.15) is 17.1 Å². The molecule has 3 rings (SSSR count). The summed E-state index contributed by atoms with van der Waals surface area (Å²) in [6.45, 7) is 4.13. The third-order valence-electron chi connectivity index (χ3n) is 3.46. The molecule has 0 radical (unpaired) electrons. The monoisotopic (exact) mass is 255 g/mol. The number of para-hydroxylation sites is 1. The highest BCUT2D eigenvalue weighted by atomic mass is 16.5. The van der Waals surface area contributed by atoms with Crippen molar-refractivity contribution in [3.05, 3.63) is 54.1 Å². The van der Waals surface area contributed by atoms with Crippen LogP contribution in [0.25, 0.3) is 0 Å². The van der Waals surface area contributed by atoms with Gasteiger partial charge < -0.3 is 15.2 Å². The van der Waals surface area contributed by atoms with Gasteiger partial charge in [-0.1, -0.05) is 24.3 Å². The average molecular weight is 255 g/mol. The van der Waals surface area contributed by atoms with Crippen LogP contribution >= 0.6 is 0 Å². The molecule has 0 fully saturated rings. The molecule has 3 nitrogen and oxygen atoms in total. The van der Waals surface area contributed by atoms with Gasteiger partial charge in [-0.05, 0) is 32.0 Å². The minimum absolute atomic E-state index is 0.0606. The molecule has 2 N–H and O–H groups in total. The van der Waals surface area contributed by atoms with E-state index in [-0.39, 0.29) is 17.4 Å². The lowest BCUT2D eigenvalue weighted by Gasteiger charge is -2.28. The summed E-state index contributed by atoms with van der Waals surface area (Å²) in [7, 11) is 0. The topological polar surface area (TPSA) is 41.5 Å². The molecular formula is C16H17NO2. The van der Waals surface area contributed by atoms with Crippen LogP contribution in [0.5, 0.6) is 11.5 Å². The zero-order valence-electron chi connectivity index (χ0n) is 11.1. The van der Waals surface area contributed by atoms with Crippen LogP contribution in [0, 0.1) is 0 Å². The van der Waals surface area contributed by atoms with Crippen LogP contribution < -0.4 is 10.1 Å². The fourth-order valence-corrected chi connectivity index (χ4v) is 2.54. The Hall–Kier alpha value is -2.16. The number of aromatic hydroxyl groups is 1. The highest BCUT2D eigenvalue weighted by Crippen LogP contribution is 2.44. The number of rotatable bonds is 2. The maximum absolute atomic E-state index is 9.54. The summed E-state index contributed by atoms with van der Waals surface area (Å²) in [4.78, 5) is 0. The van der Waals surface area contributed by atoms with E-state index in [9.17, 15) is 5.11 Å². The number of phenolic OH excluding ortho intramolecular Hbond substituents is 1. The summed E-state index contributed by atoms with van der Waals surface area (Å²) >= 11 is 0. The molecule has 2 aromatic carbocycles. The number of fused-ring (bicyclic) bond motifs is 1. The first kappa shape index (κ1) is 11.9. The van der Waals surface area contributed by atoms with Crippen molar-refractivity contribution in [3.63, 3.8) is 0 Å². The van der Waals surface area contributed by atoms with Gasteiger partial charge in [-0.3, -0.25) is 0 Å². The van der Waals surface area contributed by atoms with Crippen LogP contribution in [0.4, 0.5) is 5.69 Å². The third kappa shape index (κ3) is 2.12. The van der Waals surface area contributed by atoms with Gasteiger partial charge in [0.25, 0.3) is 0 Å². The Morgan fingerprint density at radius 1 is 1.11 bits per heavy atom. The van der Waals surface area contributed by atoms with Crippen molar-refractivity contribution in [2.75, 3.05) is 5.32 Å². The van der Waals surface area contributed by atoms with E-state index < -0.39 is 0 Å². The molecule has 3 heteroatoms. The smallest absolute Gasteiger partial charge is 0.128 e. The van der Waals surface area contributed by atoms with Crippen molar-refractivity contribution in [2.45, 2.75) is 25.5 Å². The van der Waals surface area contributed by atoms with Crippen molar-refractivity contribution >= 4 is 5.69 Å². The summed E-state index contributed by atoms with van der Waals surface area (Å²) < 4.78 is 5.98. The van der Waals surface area contributed by atoms with Crippen LogP contribution in [-0.2, 0) is 0 Å². The summed E-state index contributed by atoms with van der Waals surface area (Å²) in [5.41, 5.74) is 1.71. The number of nitrogens with one attached hydrogen (secondary N) is 1. The van der Waals surface area contributed by atoms with Crippen molar-refractivity contribution in [1.82, 2.24) is 0 Å². The number of anilines is 1. The molecule has 0 aliphatic carbocycles. The van der Waals surface area contributed by atoms with E-state index in [4.69, 9.17) is 4.74 Å². The molecule has 1 heterocycles. The number of benzene rings is 2. The van der Waals surface area contributed by atoms with Gasteiger partial charge >= 0.3 is 0 Å². The van der Waals surface area contributed by atoms with Gasteiger partial charge in [0.15, 0.2) is 0 Å². The number of hydrogen-bond donors (Lipinski definition) is 2. The van der Waals surface area contributed by atoms with Gasteiger partial charge in [0.05, 0.1) is 6.04 Å². The number of hydrogen-bond acceptors (Lipinski definition) is 3. The fourth-order valence-electron chi connectivity index (χ4n) is 2.54. The first-order chi connectivity index (χ1) is 9.06. The highest BCUT2D eigenvalue weighted by molar-refractivity contribution is 5.53. The molecule has 1 unspecified atom stereocenters. The second kappa shape index (κ2) is 4.19. The largest absolute Gasteiger partial charge is 0.508 e. The zero-order valence-corrected chi connectivity index (χ0v) is 11.1. The number of phenols is 1. The normalized spacial score (nSPS) is 19.6. The van der Waals surface area contributed by atoms with E-state index >= 15 is 0 Å². The second-order valence-corrected chi connectivity index (χ2v) is 5.37. The van der Waals surface area contributed by atoms with Crippen molar-refractivity contribution in [1.29, 1.82) is 0 Å². The minimum Gasteiger partial charge on any atom is -0.508 e. The molecule has 0 spiro atoms. The Labute approximate surface area is 112 Å². The predicted molar refractivity (Wildman–Crippen MR) is 75.6 cm³/mol. The van der Waals surface area contributed by atoms with E-state index in [1.54, 1.807) is 12.1 Å². The summed E-state index contributed by atoms with van der Waals surface area (Å²) in [5, 5.41) is 13.0.